The normalized spacial score (nSPS) is 31.3. The number of ether oxygens (including phenoxy) is 1. The fraction of sp³-hybridized carbons (Fsp3) is 0.778. The summed E-state index contributed by atoms with van der Waals surface area (Å²) in [5.74, 6) is 1.88. The molecule has 2 aliphatic carbocycles. The molecule has 1 N–H and O–H groups in total. The van der Waals surface area contributed by atoms with E-state index in [0.717, 1.165) is 30.2 Å². The van der Waals surface area contributed by atoms with Crippen LogP contribution in [0.2, 0.25) is 0 Å². The average molecular weight is 317 g/mol. The van der Waals surface area contributed by atoms with Gasteiger partial charge in [0.2, 0.25) is 0 Å². The second-order valence-corrected chi connectivity index (χ2v) is 7.54. The molecule has 5 nitrogen and oxygen atoms in total. The minimum atomic E-state index is 0.0586. The minimum absolute atomic E-state index is 0.0586. The highest BCUT2D eigenvalue weighted by molar-refractivity contribution is 5.95. The number of amides is 1. The quantitative estimate of drug-likeness (QED) is 0.929. The summed E-state index contributed by atoms with van der Waals surface area (Å²) in [5.41, 5.74) is 1.66. The van der Waals surface area contributed by atoms with E-state index in [9.17, 15) is 4.79 Å². The van der Waals surface area contributed by atoms with Gasteiger partial charge in [0.25, 0.3) is 5.91 Å². The van der Waals surface area contributed by atoms with Crippen LogP contribution in [0.1, 0.15) is 66.9 Å². The van der Waals surface area contributed by atoms with Gasteiger partial charge in [-0.25, -0.2) is 0 Å². The van der Waals surface area contributed by atoms with E-state index in [1.54, 1.807) is 4.68 Å². The smallest absolute Gasteiger partial charge is 0.254 e. The molecule has 1 aromatic rings. The van der Waals surface area contributed by atoms with Crippen molar-refractivity contribution in [3.8, 4) is 0 Å². The summed E-state index contributed by atoms with van der Waals surface area (Å²) >= 11 is 0. The predicted molar refractivity (Wildman–Crippen MR) is 87.3 cm³/mol. The first-order valence-electron chi connectivity index (χ1n) is 9.14. The number of nitrogens with zero attached hydrogens (tertiary/aromatic N) is 2. The third-order valence-corrected chi connectivity index (χ3v) is 5.83. The molecule has 1 saturated heterocycles. The first kappa shape index (κ1) is 15.2. The van der Waals surface area contributed by atoms with E-state index in [2.05, 4.69) is 10.4 Å². The molecule has 0 spiro atoms. The van der Waals surface area contributed by atoms with Gasteiger partial charge in [-0.1, -0.05) is 32.1 Å². The van der Waals surface area contributed by atoms with Gasteiger partial charge in [-0.05, 0) is 24.7 Å². The Balaban J connectivity index is 1.40. The highest BCUT2D eigenvalue weighted by Crippen LogP contribution is 2.44. The maximum atomic E-state index is 12.7. The Hall–Kier alpha value is -1.36. The Morgan fingerprint density at radius 2 is 2.13 bits per heavy atom. The average Bonchev–Trinajstić information content (AvgIpc) is 2.98. The zero-order valence-electron chi connectivity index (χ0n) is 14.0. The van der Waals surface area contributed by atoms with Crippen molar-refractivity contribution in [2.75, 3.05) is 13.2 Å². The summed E-state index contributed by atoms with van der Waals surface area (Å²) in [4.78, 5) is 12.7. The molecule has 3 aliphatic rings. The highest BCUT2D eigenvalue weighted by Gasteiger charge is 2.44. The van der Waals surface area contributed by atoms with Gasteiger partial charge in [-0.15, -0.1) is 0 Å². The third kappa shape index (κ3) is 3.16. The highest BCUT2D eigenvalue weighted by atomic mass is 16.5. The van der Waals surface area contributed by atoms with Gasteiger partial charge >= 0.3 is 0 Å². The largest absolute Gasteiger partial charge is 0.381 e. The summed E-state index contributed by atoms with van der Waals surface area (Å²) in [6.45, 7) is 1.46. The molecule has 1 aromatic heterocycles. The van der Waals surface area contributed by atoms with Crippen LogP contribution in [0.15, 0.2) is 6.20 Å². The predicted octanol–water partition coefficient (Wildman–Crippen LogP) is 2.62. The fourth-order valence-electron chi connectivity index (χ4n) is 4.44. The van der Waals surface area contributed by atoms with Crippen LogP contribution >= 0.6 is 0 Å². The Kier molecular flexibility index (Phi) is 4.14. The lowest BCUT2D eigenvalue weighted by Gasteiger charge is -2.21. The SMILES string of the molecule is Cn1cc(C(=O)NC2CC2C2CCCCC2)c(C2CCOC2)n1. The Labute approximate surface area is 137 Å². The van der Waals surface area contributed by atoms with Crippen molar-refractivity contribution in [3.63, 3.8) is 0 Å². The fourth-order valence-corrected chi connectivity index (χ4v) is 4.44. The van der Waals surface area contributed by atoms with E-state index < -0.39 is 0 Å². The first-order chi connectivity index (χ1) is 11.2. The van der Waals surface area contributed by atoms with Gasteiger partial charge < -0.3 is 10.1 Å². The van der Waals surface area contributed by atoms with E-state index in [1.807, 2.05) is 13.2 Å². The number of aromatic nitrogens is 2. The van der Waals surface area contributed by atoms with Gasteiger partial charge in [-0.2, -0.15) is 5.10 Å². The lowest BCUT2D eigenvalue weighted by molar-refractivity contribution is 0.0945. The van der Waals surface area contributed by atoms with Crippen LogP contribution in [0, 0.1) is 11.8 Å². The monoisotopic (exact) mass is 317 g/mol. The van der Waals surface area contributed by atoms with Crippen molar-refractivity contribution in [1.29, 1.82) is 0 Å². The van der Waals surface area contributed by atoms with Crippen molar-refractivity contribution in [2.45, 2.75) is 56.9 Å². The number of hydrogen-bond acceptors (Lipinski definition) is 3. The summed E-state index contributed by atoms with van der Waals surface area (Å²) in [6, 6.07) is 0.387. The topological polar surface area (TPSA) is 56.2 Å². The molecule has 3 fully saturated rings. The van der Waals surface area contributed by atoms with Gasteiger partial charge in [0.1, 0.15) is 0 Å². The molecule has 0 radical (unpaired) electrons. The van der Waals surface area contributed by atoms with Crippen molar-refractivity contribution in [2.24, 2.45) is 18.9 Å². The number of rotatable bonds is 4. The van der Waals surface area contributed by atoms with Crippen molar-refractivity contribution >= 4 is 5.91 Å². The molecule has 0 bridgehead atoms. The van der Waals surface area contributed by atoms with Gasteiger partial charge in [0.15, 0.2) is 0 Å². The van der Waals surface area contributed by atoms with E-state index in [0.29, 0.717) is 18.6 Å². The molecule has 4 rings (SSSR count). The molecule has 23 heavy (non-hydrogen) atoms. The second kappa shape index (κ2) is 6.27. The summed E-state index contributed by atoms with van der Waals surface area (Å²) < 4.78 is 7.22. The number of carbonyl (C=O) groups excluding carboxylic acids is 1. The van der Waals surface area contributed by atoms with Crippen molar-refractivity contribution in [3.05, 3.63) is 17.5 Å². The first-order valence-corrected chi connectivity index (χ1v) is 9.14. The lowest BCUT2D eigenvalue weighted by atomic mass is 9.85. The van der Waals surface area contributed by atoms with E-state index in [4.69, 9.17) is 4.74 Å². The van der Waals surface area contributed by atoms with E-state index >= 15 is 0 Å². The molecule has 5 heteroatoms. The standard InChI is InChI=1S/C18H27N3O2/c1-21-10-15(17(20-21)13-7-8-23-11-13)18(22)19-16-9-14(16)12-5-3-2-4-6-12/h10,12-14,16H,2-9,11H2,1H3,(H,19,22). The number of carbonyl (C=O) groups is 1. The summed E-state index contributed by atoms with van der Waals surface area (Å²) in [6.07, 6.45) is 10.8. The third-order valence-electron chi connectivity index (χ3n) is 5.83. The Bertz CT molecular complexity index is 571. The maximum Gasteiger partial charge on any atom is 0.254 e. The van der Waals surface area contributed by atoms with Crippen LogP contribution in [0.5, 0.6) is 0 Å². The minimum Gasteiger partial charge on any atom is -0.381 e. The molecule has 3 unspecified atom stereocenters. The number of aryl methyl sites for hydroxylation is 1. The van der Waals surface area contributed by atoms with Crippen LogP contribution in [-0.2, 0) is 11.8 Å². The Morgan fingerprint density at radius 3 is 2.87 bits per heavy atom. The summed E-state index contributed by atoms with van der Waals surface area (Å²) in [7, 11) is 1.89. The molecule has 3 atom stereocenters. The van der Waals surface area contributed by atoms with Crippen LogP contribution < -0.4 is 5.32 Å². The Morgan fingerprint density at radius 1 is 1.30 bits per heavy atom. The number of hydrogen-bond donors (Lipinski definition) is 1. The van der Waals surface area contributed by atoms with Gasteiger partial charge in [-0.3, -0.25) is 9.48 Å². The molecular formula is C18H27N3O2. The molecule has 1 amide bonds. The lowest BCUT2D eigenvalue weighted by Crippen LogP contribution is -2.29. The van der Waals surface area contributed by atoms with Crippen LogP contribution in [0.3, 0.4) is 0 Å². The van der Waals surface area contributed by atoms with Crippen LogP contribution in [0.4, 0.5) is 0 Å². The van der Waals surface area contributed by atoms with Gasteiger partial charge in [0.05, 0.1) is 17.9 Å². The van der Waals surface area contributed by atoms with Crippen molar-refractivity contribution < 1.29 is 9.53 Å². The molecule has 2 saturated carbocycles. The molecular weight excluding hydrogens is 290 g/mol. The molecule has 0 aromatic carbocycles. The maximum absolute atomic E-state index is 12.7. The van der Waals surface area contributed by atoms with E-state index in [1.165, 1.54) is 38.5 Å². The van der Waals surface area contributed by atoms with Crippen molar-refractivity contribution in [1.82, 2.24) is 15.1 Å². The number of nitrogens with one attached hydrogen (secondary N) is 1. The van der Waals surface area contributed by atoms with Gasteiger partial charge in [0, 0.05) is 31.8 Å². The zero-order chi connectivity index (χ0) is 15.8. The second-order valence-electron chi connectivity index (χ2n) is 7.54. The zero-order valence-corrected chi connectivity index (χ0v) is 14.0. The van der Waals surface area contributed by atoms with E-state index in [-0.39, 0.29) is 11.8 Å². The molecule has 2 heterocycles. The van der Waals surface area contributed by atoms with Crippen LogP contribution in [-0.4, -0.2) is 34.9 Å². The summed E-state index contributed by atoms with van der Waals surface area (Å²) in [5, 5.41) is 7.79. The van der Waals surface area contributed by atoms with Crippen LogP contribution in [0.25, 0.3) is 0 Å². The molecule has 1 aliphatic heterocycles. The molecule has 126 valence electrons.